The summed E-state index contributed by atoms with van der Waals surface area (Å²) >= 11 is 0. The topological polar surface area (TPSA) is 24.1 Å². The summed E-state index contributed by atoms with van der Waals surface area (Å²) in [5.74, 6) is -78.9. The van der Waals surface area contributed by atoms with Gasteiger partial charge in [-0.1, -0.05) is 36.4 Å². The summed E-state index contributed by atoms with van der Waals surface area (Å²) in [4.78, 5) is 0. The summed E-state index contributed by atoms with van der Waals surface area (Å²) in [6.45, 7) is 4.61. The molecule has 2 nitrogen and oxygen atoms in total. The Kier molecular flexibility index (Phi) is 14.6. The molecule has 0 aromatic heterocycles. The van der Waals surface area contributed by atoms with Gasteiger partial charge in [0.1, 0.15) is 0 Å². The summed E-state index contributed by atoms with van der Waals surface area (Å²) in [5, 5.41) is 4.42. The zero-order valence-corrected chi connectivity index (χ0v) is 31.3. The minimum atomic E-state index is -8.34. The van der Waals surface area contributed by atoms with Crippen molar-refractivity contribution in [3.8, 4) is 0 Å². The molecular weight excluding hydrogens is 930 g/mol. The molecular formula is C34H30F26N2. The second-order valence-corrected chi connectivity index (χ2v) is 14.1. The second kappa shape index (κ2) is 16.7. The van der Waals surface area contributed by atoms with Gasteiger partial charge in [0, 0.05) is 36.3 Å². The smallest absolute Gasteiger partial charge is 0.380 e. The van der Waals surface area contributed by atoms with Crippen LogP contribution in [0.3, 0.4) is 0 Å². The van der Waals surface area contributed by atoms with Crippen molar-refractivity contribution in [3.05, 3.63) is 58.7 Å². The van der Waals surface area contributed by atoms with Gasteiger partial charge in [-0.15, -0.1) is 0 Å². The molecule has 0 aliphatic carbocycles. The van der Waals surface area contributed by atoms with E-state index in [0.717, 1.165) is 52.0 Å². The number of benzene rings is 2. The van der Waals surface area contributed by atoms with Crippen molar-refractivity contribution < 1.29 is 114 Å². The number of anilines is 2. The molecule has 0 radical (unpaired) electrons. The first-order chi connectivity index (χ1) is 27.3. The second-order valence-electron chi connectivity index (χ2n) is 14.1. The minimum absolute atomic E-state index is 0.0391. The van der Waals surface area contributed by atoms with E-state index in [2.05, 4.69) is 10.6 Å². The van der Waals surface area contributed by atoms with Crippen LogP contribution in [0.25, 0.3) is 0 Å². The van der Waals surface area contributed by atoms with Crippen LogP contribution < -0.4 is 10.6 Å². The molecule has 0 saturated carbocycles. The van der Waals surface area contributed by atoms with Gasteiger partial charge in [0.15, 0.2) is 0 Å². The molecule has 0 aliphatic rings. The SMILES string of the molecule is Cc1cccc(C)c1NC(CCC(F)(F)C(F)(F)C(F)(F)C(F)(F)C(F)(F)C(F)(F)F)C(CCC(F)(F)C(F)(F)C(F)(F)C(F)(F)C(F)(F)C(F)(F)F)Nc1c(C)cccc1C. The first-order valence-electron chi connectivity index (χ1n) is 16.8. The highest BCUT2D eigenvalue weighted by molar-refractivity contribution is 5.60. The molecule has 2 aromatic carbocycles. The maximum Gasteiger partial charge on any atom is 0.460 e. The molecule has 2 unspecified atom stereocenters. The lowest BCUT2D eigenvalue weighted by Gasteiger charge is -2.41. The molecule has 0 aliphatic heterocycles. The van der Waals surface area contributed by atoms with Gasteiger partial charge in [-0.2, -0.15) is 114 Å². The lowest BCUT2D eigenvalue weighted by atomic mass is 9.87. The average molecular weight is 961 g/mol. The molecule has 2 atom stereocenters. The molecule has 62 heavy (non-hydrogen) atoms. The number of hydrogen-bond acceptors (Lipinski definition) is 2. The molecule has 358 valence electrons. The molecule has 28 heteroatoms. The van der Waals surface area contributed by atoms with Gasteiger partial charge in [-0.05, 0) is 62.8 Å². The van der Waals surface area contributed by atoms with Crippen LogP contribution in [0.4, 0.5) is 126 Å². The first-order valence-corrected chi connectivity index (χ1v) is 16.8. The van der Waals surface area contributed by atoms with Crippen LogP contribution in [0.2, 0.25) is 0 Å². The summed E-state index contributed by atoms with van der Waals surface area (Å²) in [7, 11) is 0. The van der Waals surface area contributed by atoms with E-state index < -0.39 is 109 Å². The Bertz CT molecular complexity index is 1690. The van der Waals surface area contributed by atoms with Gasteiger partial charge in [0.25, 0.3) is 0 Å². The highest BCUT2D eigenvalue weighted by atomic mass is 19.4. The highest BCUT2D eigenvalue weighted by Gasteiger charge is 2.92. The standard InChI is InChI=1S/C34H30F26N2/c1-15-7-5-8-16(2)21(15)61-19(11-13-23(35,36)25(39,40)27(43,44)29(47,48)31(51,52)33(55,56)57)20(62-22-17(3)9-6-10-18(22)4)12-14-24(37,38)26(41,42)28(45,46)30(49,50)32(53,54)34(58,59)60/h5-10,19-20,61-62H,11-14H2,1-4H3. The van der Waals surface area contributed by atoms with Crippen molar-refractivity contribution in [2.75, 3.05) is 10.6 Å². The molecule has 2 aromatic rings. The Balaban J connectivity index is 2.84. The largest absolute Gasteiger partial charge is 0.460 e. The first kappa shape index (κ1) is 54.4. The predicted octanol–water partition coefficient (Wildman–Crippen LogP) is 14.2. The van der Waals surface area contributed by atoms with Crippen molar-refractivity contribution in [3.63, 3.8) is 0 Å². The van der Waals surface area contributed by atoms with Gasteiger partial charge < -0.3 is 10.6 Å². The van der Waals surface area contributed by atoms with Gasteiger partial charge in [0.05, 0.1) is 0 Å². The predicted molar refractivity (Wildman–Crippen MR) is 167 cm³/mol. The van der Waals surface area contributed by atoms with E-state index in [-0.39, 0.29) is 33.6 Å². The van der Waals surface area contributed by atoms with Gasteiger partial charge >= 0.3 is 71.6 Å². The zero-order chi connectivity index (χ0) is 49.1. The molecule has 0 spiro atoms. The number of aryl methyl sites for hydroxylation is 4. The number of para-hydroxylation sites is 2. The van der Waals surface area contributed by atoms with E-state index in [0.29, 0.717) is 0 Å². The lowest BCUT2D eigenvalue weighted by molar-refractivity contribution is -0.440. The third kappa shape index (κ3) is 8.97. The molecule has 0 amide bonds. The third-order valence-corrected chi connectivity index (χ3v) is 9.64. The minimum Gasteiger partial charge on any atom is -0.380 e. The summed E-state index contributed by atoms with van der Waals surface area (Å²) in [5.41, 5.74) is -0.906. The van der Waals surface area contributed by atoms with Gasteiger partial charge in [-0.3, -0.25) is 0 Å². The number of alkyl halides is 26. The number of nitrogens with one attached hydrogen (secondary N) is 2. The normalized spacial score (nSPS) is 16.0. The molecule has 2 N–H and O–H groups in total. The summed E-state index contributed by atoms with van der Waals surface area (Å²) in [6.07, 6.45) is -25.8. The maximum atomic E-state index is 15.1. The van der Waals surface area contributed by atoms with Crippen LogP contribution >= 0.6 is 0 Å². The zero-order valence-electron chi connectivity index (χ0n) is 31.3. The average Bonchev–Trinajstić information content (AvgIpc) is 3.09. The quantitative estimate of drug-likeness (QED) is 0.137. The molecule has 0 heterocycles. The lowest BCUT2D eigenvalue weighted by Crippen LogP contribution is -2.70. The van der Waals surface area contributed by atoms with Crippen LogP contribution in [0.15, 0.2) is 36.4 Å². The summed E-state index contributed by atoms with van der Waals surface area (Å²) in [6, 6.07) is 2.02. The van der Waals surface area contributed by atoms with Crippen LogP contribution in [0, 0.1) is 27.7 Å². The molecule has 0 bridgehead atoms. The summed E-state index contributed by atoms with van der Waals surface area (Å²) < 4.78 is 361. The van der Waals surface area contributed by atoms with Crippen LogP contribution in [-0.2, 0) is 0 Å². The van der Waals surface area contributed by atoms with E-state index in [1.54, 1.807) is 0 Å². The Morgan fingerprint density at radius 1 is 0.339 bits per heavy atom. The maximum absolute atomic E-state index is 15.1. The van der Waals surface area contributed by atoms with Gasteiger partial charge in [-0.25, -0.2) is 0 Å². The van der Waals surface area contributed by atoms with E-state index in [4.69, 9.17) is 0 Å². The van der Waals surface area contributed by atoms with Crippen LogP contribution in [-0.4, -0.2) is 83.7 Å². The molecule has 0 saturated heterocycles. The van der Waals surface area contributed by atoms with Crippen LogP contribution in [0.1, 0.15) is 47.9 Å². The Morgan fingerprint density at radius 2 is 0.548 bits per heavy atom. The Hall–Kier alpha value is -3.78. The van der Waals surface area contributed by atoms with Crippen molar-refractivity contribution in [2.45, 2.75) is 137 Å². The van der Waals surface area contributed by atoms with E-state index in [9.17, 15) is 96.6 Å². The van der Waals surface area contributed by atoms with E-state index in [1.165, 1.54) is 12.1 Å². The molecule has 2 rings (SSSR count). The number of rotatable bonds is 19. The van der Waals surface area contributed by atoms with Gasteiger partial charge in [0.2, 0.25) is 0 Å². The number of halogens is 26. The van der Waals surface area contributed by atoms with E-state index >= 15 is 17.6 Å². The van der Waals surface area contributed by atoms with Crippen LogP contribution in [0.5, 0.6) is 0 Å². The highest BCUT2D eigenvalue weighted by Crippen LogP contribution is 2.62. The fourth-order valence-electron chi connectivity index (χ4n) is 5.79. The third-order valence-electron chi connectivity index (χ3n) is 9.64. The monoisotopic (exact) mass is 960 g/mol. The molecule has 0 fully saturated rings. The fourth-order valence-corrected chi connectivity index (χ4v) is 5.79. The Labute approximate surface area is 332 Å². The van der Waals surface area contributed by atoms with Crippen molar-refractivity contribution in [1.82, 2.24) is 0 Å². The van der Waals surface area contributed by atoms with Crippen molar-refractivity contribution >= 4 is 11.4 Å². The number of hydrogen-bond donors (Lipinski definition) is 2. The van der Waals surface area contributed by atoms with Crippen molar-refractivity contribution in [2.24, 2.45) is 0 Å². The van der Waals surface area contributed by atoms with Crippen molar-refractivity contribution in [1.29, 1.82) is 0 Å². The fraction of sp³-hybridized carbons (Fsp3) is 0.647. The van der Waals surface area contributed by atoms with E-state index in [1.807, 2.05) is 0 Å². The Morgan fingerprint density at radius 3 is 0.758 bits per heavy atom.